The van der Waals surface area contributed by atoms with E-state index in [2.05, 4.69) is 12.1 Å². The highest BCUT2D eigenvalue weighted by Crippen LogP contribution is 2.22. The van der Waals surface area contributed by atoms with Crippen molar-refractivity contribution in [3.63, 3.8) is 0 Å². The maximum Gasteiger partial charge on any atom is 0.163 e. The average Bonchev–Trinajstić information content (AvgIpc) is 2.29. The molecule has 0 spiro atoms. The van der Waals surface area contributed by atoms with Crippen molar-refractivity contribution in [2.24, 2.45) is 0 Å². The van der Waals surface area contributed by atoms with Gasteiger partial charge in [0.25, 0.3) is 0 Å². The van der Waals surface area contributed by atoms with E-state index in [-0.39, 0.29) is 6.10 Å². The average molecular weight is 236 g/mol. The van der Waals surface area contributed by atoms with Crippen LogP contribution in [0.25, 0.3) is 0 Å². The first-order valence-corrected chi connectivity index (χ1v) is 6.09. The van der Waals surface area contributed by atoms with Gasteiger partial charge in [-0.2, -0.15) is 0 Å². The third-order valence-electron chi connectivity index (χ3n) is 2.76. The van der Waals surface area contributed by atoms with Gasteiger partial charge in [-0.3, -0.25) is 0 Å². The van der Waals surface area contributed by atoms with Crippen LogP contribution in [0.15, 0.2) is 30.3 Å². The molecule has 17 heavy (non-hydrogen) atoms. The molecule has 94 valence electrons. The van der Waals surface area contributed by atoms with E-state index < -0.39 is 5.79 Å². The third kappa shape index (κ3) is 4.11. The number of rotatable bonds is 4. The van der Waals surface area contributed by atoms with Crippen molar-refractivity contribution in [1.82, 2.24) is 0 Å². The number of hydrogen-bond donors (Lipinski definition) is 0. The van der Waals surface area contributed by atoms with Gasteiger partial charge in [0.2, 0.25) is 0 Å². The van der Waals surface area contributed by atoms with Gasteiger partial charge in [-0.05, 0) is 25.8 Å². The fraction of sp³-hybridized carbons (Fsp3) is 0.571. The van der Waals surface area contributed by atoms with Crippen molar-refractivity contribution in [1.29, 1.82) is 0 Å². The molecule has 0 amide bonds. The van der Waals surface area contributed by atoms with E-state index in [0.717, 1.165) is 13.0 Å². The summed E-state index contributed by atoms with van der Waals surface area (Å²) in [6.45, 7) is 5.89. The maximum atomic E-state index is 5.76. The van der Waals surface area contributed by atoms with Gasteiger partial charge in [0.05, 0.1) is 25.9 Å². The van der Waals surface area contributed by atoms with Crippen LogP contribution in [0.1, 0.15) is 25.8 Å². The zero-order valence-electron chi connectivity index (χ0n) is 10.5. The lowest BCUT2D eigenvalue weighted by atomic mass is 10.2. The molecule has 2 rings (SSSR count). The van der Waals surface area contributed by atoms with E-state index in [1.165, 1.54) is 5.56 Å². The van der Waals surface area contributed by atoms with Gasteiger partial charge in [-0.25, -0.2) is 0 Å². The van der Waals surface area contributed by atoms with Crippen molar-refractivity contribution in [2.75, 3.05) is 13.2 Å². The molecule has 1 aromatic rings. The molecule has 1 atom stereocenters. The van der Waals surface area contributed by atoms with E-state index in [1.807, 2.05) is 32.0 Å². The first kappa shape index (κ1) is 12.6. The minimum atomic E-state index is -0.473. The Kier molecular flexibility index (Phi) is 4.15. The zero-order valence-corrected chi connectivity index (χ0v) is 10.5. The minimum absolute atomic E-state index is 0.141. The van der Waals surface area contributed by atoms with E-state index in [4.69, 9.17) is 14.2 Å². The van der Waals surface area contributed by atoms with Crippen molar-refractivity contribution in [3.05, 3.63) is 35.9 Å². The van der Waals surface area contributed by atoms with Gasteiger partial charge >= 0.3 is 0 Å². The monoisotopic (exact) mass is 236 g/mol. The molecule has 0 bridgehead atoms. The SMILES string of the molecule is CC1(C)OCCC(COCc2ccccc2)O1. The maximum absolute atomic E-state index is 5.76. The largest absolute Gasteiger partial charge is 0.374 e. The van der Waals surface area contributed by atoms with Crippen LogP contribution in [-0.4, -0.2) is 25.1 Å². The fourth-order valence-electron chi connectivity index (χ4n) is 1.93. The summed E-state index contributed by atoms with van der Waals surface area (Å²) in [6.07, 6.45) is 1.04. The highest BCUT2D eigenvalue weighted by Gasteiger charge is 2.29. The van der Waals surface area contributed by atoms with E-state index in [0.29, 0.717) is 13.2 Å². The molecule has 1 aliphatic heterocycles. The molecule has 0 N–H and O–H groups in total. The molecule has 1 aliphatic rings. The molecule has 1 heterocycles. The number of benzene rings is 1. The Bertz CT molecular complexity index is 335. The Morgan fingerprint density at radius 3 is 2.76 bits per heavy atom. The molecule has 0 saturated carbocycles. The highest BCUT2D eigenvalue weighted by molar-refractivity contribution is 5.13. The van der Waals surface area contributed by atoms with Gasteiger partial charge in [-0.1, -0.05) is 30.3 Å². The molecule has 1 saturated heterocycles. The summed E-state index contributed by atoms with van der Waals surface area (Å²) in [5.74, 6) is -0.473. The predicted molar refractivity (Wildman–Crippen MR) is 65.6 cm³/mol. The molecule has 3 heteroatoms. The Morgan fingerprint density at radius 1 is 1.29 bits per heavy atom. The van der Waals surface area contributed by atoms with Crippen LogP contribution in [0.3, 0.4) is 0 Å². The zero-order chi connectivity index (χ0) is 12.1. The lowest BCUT2D eigenvalue weighted by Gasteiger charge is -2.35. The Balaban J connectivity index is 1.72. The van der Waals surface area contributed by atoms with Crippen LogP contribution in [0.4, 0.5) is 0 Å². The second kappa shape index (κ2) is 5.63. The van der Waals surface area contributed by atoms with Crippen LogP contribution in [0, 0.1) is 0 Å². The lowest BCUT2D eigenvalue weighted by Crippen LogP contribution is -2.41. The summed E-state index contributed by atoms with van der Waals surface area (Å²) in [6, 6.07) is 10.2. The van der Waals surface area contributed by atoms with Gasteiger partial charge < -0.3 is 14.2 Å². The first-order valence-electron chi connectivity index (χ1n) is 6.09. The normalized spacial score (nSPS) is 23.5. The van der Waals surface area contributed by atoms with E-state index in [9.17, 15) is 0 Å². The molecule has 0 aromatic heterocycles. The predicted octanol–water partition coefficient (Wildman–Crippen LogP) is 2.74. The fourth-order valence-corrected chi connectivity index (χ4v) is 1.93. The topological polar surface area (TPSA) is 27.7 Å². The standard InChI is InChI=1S/C14H20O3/c1-14(2)16-9-8-13(17-14)11-15-10-12-6-4-3-5-7-12/h3-7,13H,8-11H2,1-2H3. The minimum Gasteiger partial charge on any atom is -0.374 e. The third-order valence-corrected chi connectivity index (χ3v) is 2.76. The molecule has 0 aliphatic carbocycles. The van der Waals surface area contributed by atoms with E-state index >= 15 is 0 Å². The summed E-state index contributed by atoms with van der Waals surface area (Å²) >= 11 is 0. The summed E-state index contributed by atoms with van der Waals surface area (Å²) < 4.78 is 16.9. The van der Waals surface area contributed by atoms with Crippen molar-refractivity contribution < 1.29 is 14.2 Å². The second-order valence-corrected chi connectivity index (χ2v) is 4.78. The summed E-state index contributed by atoms with van der Waals surface area (Å²) in [5, 5.41) is 0. The van der Waals surface area contributed by atoms with Gasteiger partial charge in [-0.15, -0.1) is 0 Å². The van der Waals surface area contributed by atoms with Gasteiger partial charge in [0.15, 0.2) is 5.79 Å². The molecule has 3 nitrogen and oxygen atoms in total. The highest BCUT2D eigenvalue weighted by atomic mass is 16.7. The Hall–Kier alpha value is -0.900. The number of ether oxygens (including phenoxy) is 3. The van der Waals surface area contributed by atoms with Crippen molar-refractivity contribution in [3.8, 4) is 0 Å². The Morgan fingerprint density at radius 2 is 2.06 bits per heavy atom. The molecular formula is C14H20O3. The van der Waals surface area contributed by atoms with Crippen LogP contribution in [0.5, 0.6) is 0 Å². The van der Waals surface area contributed by atoms with Gasteiger partial charge in [0.1, 0.15) is 0 Å². The molecular weight excluding hydrogens is 216 g/mol. The summed E-state index contributed by atoms with van der Waals surface area (Å²) in [5.41, 5.74) is 1.19. The van der Waals surface area contributed by atoms with Gasteiger partial charge in [0, 0.05) is 0 Å². The molecule has 1 unspecified atom stereocenters. The molecule has 0 radical (unpaired) electrons. The summed E-state index contributed by atoms with van der Waals surface area (Å²) in [4.78, 5) is 0. The summed E-state index contributed by atoms with van der Waals surface area (Å²) in [7, 11) is 0. The van der Waals surface area contributed by atoms with Crippen LogP contribution in [-0.2, 0) is 20.8 Å². The van der Waals surface area contributed by atoms with Crippen LogP contribution >= 0.6 is 0 Å². The van der Waals surface area contributed by atoms with Crippen LogP contribution < -0.4 is 0 Å². The molecule has 1 fully saturated rings. The molecule has 1 aromatic carbocycles. The first-order chi connectivity index (χ1) is 8.16. The van der Waals surface area contributed by atoms with Crippen LogP contribution in [0.2, 0.25) is 0 Å². The second-order valence-electron chi connectivity index (χ2n) is 4.78. The van der Waals surface area contributed by atoms with E-state index in [1.54, 1.807) is 0 Å². The Labute approximate surface area is 103 Å². The van der Waals surface area contributed by atoms with Crippen molar-refractivity contribution >= 4 is 0 Å². The lowest BCUT2D eigenvalue weighted by molar-refractivity contribution is -0.280. The number of hydrogen-bond acceptors (Lipinski definition) is 3. The smallest absolute Gasteiger partial charge is 0.163 e. The quantitative estimate of drug-likeness (QED) is 0.804. The van der Waals surface area contributed by atoms with Crippen molar-refractivity contribution in [2.45, 2.75) is 38.8 Å².